The first-order valence-corrected chi connectivity index (χ1v) is 4.94. The molecule has 0 amide bonds. The summed E-state index contributed by atoms with van der Waals surface area (Å²) < 4.78 is 4.90. The normalized spacial score (nSPS) is 19.8. The summed E-state index contributed by atoms with van der Waals surface area (Å²) in [6.45, 7) is 2.10. The quantitative estimate of drug-likeness (QED) is 0.727. The van der Waals surface area contributed by atoms with Crippen LogP contribution in [0.2, 0.25) is 0 Å². The van der Waals surface area contributed by atoms with Crippen LogP contribution in [-0.4, -0.2) is 28.3 Å². The molecule has 0 aromatic carbocycles. The van der Waals surface area contributed by atoms with Crippen LogP contribution in [-0.2, 0) is 16.0 Å². The van der Waals surface area contributed by atoms with Gasteiger partial charge in [-0.2, -0.15) is 0 Å². The third-order valence-corrected chi connectivity index (χ3v) is 2.48. The van der Waals surface area contributed by atoms with Gasteiger partial charge >= 0.3 is 5.97 Å². The van der Waals surface area contributed by atoms with Crippen LogP contribution in [0.3, 0.4) is 0 Å². The highest BCUT2D eigenvalue weighted by molar-refractivity contribution is 5.99. The molecule has 1 N–H and O–H groups in total. The van der Waals surface area contributed by atoms with Crippen molar-refractivity contribution < 1.29 is 14.3 Å². The number of esters is 1. The molecule has 1 atom stereocenters. The molecule has 80 valence electrons. The smallest absolute Gasteiger partial charge is 0.309 e. The molecule has 0 spiro atoms. The van der Waals surface area contributed by atoms with Crippen molar-refractivity contribution in [1.29, 1.82) is 0 Å². The van der Waals surface area contributed by atoms with Crippen LogP contribution >= 0.6 is 0 Å². The van der Waals surface area contributed by atoms with E-state index in [0.717, 1.165) is 5.69 Å². The van der Waals surface area contributed by atoms with E-state index in [-0.39, 0.29) is 24.1 Å². The molecule has 1 aromatic rings. The van der Waals surface area contributed by atoms with Crippen LogP contribution in [0.4, 0.5) is 0 Å². The summed E-state index contributed by atoms with van der Waals surface area (Å²) in [5.74, 6) is -0.743. The number of Topliss-reactive ketones (excluding diaryl/α,β-unsaturated/α-hetero) is 1. The molecule has 2 rings (SSSR count). The number of carbonyl (C=O) groups is 2. The molecule has 0 bridgehead atoms. The van der Waals surface area contributed by atoms with Gasteiger partial charge in [0.15, 0.2) is 5.78 Å². The van der Waals surface area contributed by atoms with Crippen molar-refractivity contribution in [2.24, 2.45) is 5.92 Å². The Morgan fingerprint density at radius 2 is 2.47 bits per heavy atom. The topological polar surface area (TPSA) is 72.1 Å². The van der Waals surface area contributed by atoms with E-state index in [1.807, 2.05) is 0 Å². The highest BCUT2D eigenvalue weighted by Crippen LogP contribution is 2.23. The van der Waals surface area contributed by atoms with Crippen molar-refractivity contribution in [3.63, 3.8) is 0 Å². The number of nitrogens with one attached hydrogen (secondary N) is 1. The van der Waals surface area contributed by atoms with E-state index >= 15 is 0 Å². The molecule has 5 nitrogen and oxygen atoms in total. The fourth-order valence-corrected chi connectivity index (χ4v) is 1.78. The predicted molar refractivity (Wildman–Crippen MR) is 51.4 cm³/mol. The third-order valence-electron chi connectivity index (χ3n) is 2.48. The van der Waals surface area contributed by atoms with Gasteiger partial charge in [-0.25, -0.2) is 4.98 Å². The number of hydrogen-bond donors (Lipinski definition) is 1. The van der Waals surface area contributed by atoms with Gasteiger partial charge in [-0.05, 0) is 6.92 Å². The van der Waals surface area contributed by atoms with E-state index in [9.17, 15) is 9.59 Å². The number of rotatable bonds is 2. The molecule has 1 aliphatic rings. The number of hydrogen-bond acceptors (Lipinski definition) is 4. The maximum atomic E-state index is 11.6. The number of aromatic amines is 1. The van der Waals surface area contributed by atoms with Crippen LogP contribution < -0.4 is 0 Å². The van der Waals surface area contributed by atoms with Gasteiger partial charge in [0.25, 0.3) is 0 Å². The van der Waals surface area contributed by atoms with Crippen molar-refractivity contribution in [2.45, 2.75) is 19.8 Å². The number of H-pyrrole nitrogens is 1. The SMILES string of the molecule is CCOC(=O)C1CC(=O)c2nc[nH]c2C1. The zero-order chi connectivity index (χ0) is 10.8. The number of aromatic nitrogens is 2. The average molecular weight is 208 g/mol. The molecule has 1 aromatic heterocycles. The molecule has 5 heteroatoms. The van der Waals surface area contributed by atoms with E-state index in [4.69, 9.17) is 4.74 Å². The van der Waals surface area contributed by atoms with Gasteiger partial charge in [-0.1, -0.05) is 0 Å². The number of ketones is 1. The van der Waals surface area contributed by atoms with Gasteiger partial charge in [0.05, 0.1) is 18.9 Å². The van der Waals surface area contributed by atoms with E-state index in [0.29, 0.717) is 18.7 Å². The second-order valence-corrected chi connectivity index (χ2v) is 3.51. The Kier molecular flexibility index (Phi) is 2.53. The minimum Gasteiger partial charge on any atom is -0.466 e. The Bertz CT molecular complexity index is 397. The lowest BCUT2D eigenvalue weighted by Crippen LogP contribution is -2.28. The van der Waals surface area contributed by atoms with Crippen molar-refractivity contribution in [1.82, 2.24) is 9.97 Å². The van der Waals surface area contributed by atoms with Crippen molar-refractivity contribution in [2.75, 3.05) is 6.61 Å². The maximum Gasteiger partial charge on any atom is 0.309 e. The summed E-state index contributed by atoms with van der Waals surface area (Å²) in [5, 5.41) is 0. The Labute approximate surface area is 86.8 Å². The Morgan fingerprint density at radius 3 is 3.20 bits per heavy atom. The maximum absolute atomic E-state index is 11.6. The van der Waals surface area contributed by atoms with Gasteiger partial charge < -0.3 is 9.72 Å². The highest BCUT2D eigenvalue weighted by atomic mass is 16.5. The molecule has 1 aliphatic carbocycles. The van der Waals surface area contributed by atoms with Gasteiger partial charge in [-0.3, -0.25) is 9.59 Å². The lowest BCUT2D eigenvalue weighted by Gasteiger charge is -2.18. The first-order chi connectivity index (χ1) is 7.22. The molecule has 1 unspecified atom stereocenters. The van der Waals surface area contributed by atoms with Crippen LogP contribution in [0.1, 0.15) is 29.5 Å². The summed E-state index contributed by atoms with van der Waals surface area (Å²) in [6, 6.07) is 0. The van der Waals surface area contributed by atoms with Crippen LogP contribution in [0.25, 0.3) is 0 Å². The van der Waals surface area contributed by atoms with Crippen LogP contribution in [0.15, 0.2) is 6.33 Å². The minimum absolute atomic E-state index is 0.0875. The first-order valence-electron chi connectivity index (χ1n) is 4.94. The monoisotopic (exact) mass is 208 g/mol. The number of imidazole rings is 1. The Hall–Kier alpha value is -1.65. The number of fused-ring (bicyclic) bond motifs is 1. The number of nitrogens with zero attached hydrogens (tertiary/aromatic N) is 1. The fourth-order valence-electron chi connectivity index (χ4n) is 1.78. The van der Waals surface area contributed by atoms with Gasteiger partial charge in [0.2, 0.25) is 0 Å². The van der Waals surface area contributed by atoms with Crippen molar-refractivity contribution in [3.8, 4) is 0 Å². The van der Waals surface area contributed by atoms with Gasteiger partial charge in [-0.15, -0.1) is 0 Å². The predicted octanol–water partition coefficient (Wildman–Crippen LogP) is 0.718. The largest absolute Gasteiger partial charge is 0.466 e. The van der Waals surface area contributed by atoms with Gasteiger partial charge in [0, 0.05) is 18.5 Å². The molecular formula is C10H12N2O3. The molecule has 1 heterocycles. The van der Waals surface area contributed by atoms with E-state index in [1.165, 1.54) is 6.33 Å². The summed E-state index contributed by atoms with van der Waals surface area (Å²) >= 11 is 0. The van der Waals surface area contributed by atoms with Gasteiger partial charge in [0.1, 0.15) is 5.69 Å². The lowest BCUT2D eigenvalue weighted by molar-refractivity contribution is -0.148. The van der Waals surface area contributed by atoms with Crippen LogP contribution in [0.5, 0.6) is 0 Å². The molecule has 15 heavy (non-hydrogen) atoms. The molecule has 0 aliphatic heterocycles. The van der Waals surface area contributed by atoms with Crippen molar-refractivity contribution in [3.05, 3.63) is 17.7 Å². The Balaban J connectivity index is 2.16. The Morgan fingerprint density at radius 1 is 1.67 bits per heavy atom. The summed E-state index contributed by atoms with van der Waals surface area (Å²) in [6.07, 6.45) is 2.20. The summed E-state index contributed by atoms with van der Waals surface area (Å²) in [5.41, 5.74) is 1.21. The highest BCUT2D eigenvalue weighted by Gasteiger charge is 2.32. The third kappa shape index (κ3) is 1.77. The van der Waals surface area contributed by atoms with Crippen LogP contribution in [0, 0.1) is 5.92 Å². The second kappa shape index (κ2) is 3.84. The number of carbonyl (C=O) groups excluding carboxylic acids is 2. The summed E-state index contributed by atoms with van der Waals surface area (Å²) in [4.78, 5) is 29.8. The standard InChI is InChI=1S/C10H12N2O3/c1-2-15-10(14)6-3-7-9(8(13)4-6)12-5-11-7/h5-6H,2-4H2,1H3,(H,11,12). The molecule has 0 saturated heterocycles. The molecule has 0 saturated carbocycles. The molecular weight excluding hydrogens is 196 g/mol. The first kappa shape index (κ1) is 9.89. The fraction of sp³-hybridized carbons (Fsp3) is 0.500. The summed E-state index contributed by atoms with van der Waals surface area (Å²) in [7, 11) is 0. The zero-order valence-corrected chi connectivity index (χ0v) is 8.45. The average Bonchev–Trinajstić information content (AvgIpc) is 2.66. The molecule has 0 fully saturated rings. The van der Waals surface area contributed by atoms with E-state index < -0.39 is 0 Å². The minimum atomic E-state index is -0.356. The lowest BCUT2D eigenvalue weighted by atomic mass is 9.89. The zero-order valence-electron chi connectivity index (χ0n) is 8.45. The van der Waals surface area contributed by atoms with E-state index in [1.54, 1.807) is 6.92 Å². The van der Waals surface area contributed by atoms with Crippen molar-refractivity contribution >= 4 is 11.8 Å². The number of ether oxygens (including phenoxy) is 1. The van der Waals surface area contributed by atoms with E-state index in [2.05, 4.69) is 9.97 Å². The second-order valence-electron chi connectivity index (χ2n) is 3.51. The molecule has 0 radical (unpaired) electrons.